The summed E-state index contributed by atoms with van der Waals surface area (Å²) in [6.45, 7) is 0.706. The van der Waals surface area contributed by atoms with Gasteiger partial charge in [0.1, 0.15) is 0 Å². The number of phenolic OH excluding ortho intramolecular Hbond substituents is 3. The molecule has 1 aromatic carbocycles. The largest absolute Gasteiger partial charge is 0.504 e. The highest BCUT2D eigenvalue weighted by Crippen LogP contribution is 2.36. The zero-order valence-corrected chi connectivity index (χ0v) is 7.41. The molecule has 4 N–H and O–H groups in total. The van der Waals surface area contributed by atoms with E-state index in [4.69, 9.17) is 10.2 Å². The lowest BCUT2D eigenvalue weighted by Crippen LogP contribution is -2.10. The number of benzene rings is 1. The molecule has 0 spiro atoms. The number of nitrogens with one attached hydrogen (secondary N) is 1. The third kappa shape index (κ3) is 2.03. The van der Waals surface area contributed by atoms with Gasteiger partial charge >= 0.3 is 0 Å². The van der Waals surface area contributed by atoms with E-state index in [1.807, 2.05) is 0 Å². The van der Waals surface area contributed by atoms with Crippen LogP contribution in [0.15, 0.2) is 12.1 Å². The minimum Gasteiger partial charge on any atom is -0.504 e. The maximum atomic E-state index is 9.37. The van der Waals surface area contributed by atoms with Crippen molar-refractivity contribution in [1.29, 1.82) is 0 Å². The second-order valence-corrected chi connectivity index (χ2v) is 2.79. The summed E-state index contributed by atoms with van der Waals surface area (Å²) in [6.07, 6.45) is 0.607. The first-order valence-corrected chi connectivity index (χ1v) is 4.04. The van der Waals surface area contributed by atoms with Gasteiger partial charge in [-0.05, 0) is 31.6 Å². The molecule has 0 unspecified atom stereocenters. The van der Waals surface area contributed by atoms with Crippen LogP contribution in [-0.4, -0.2) is 28.9 Å². The van der Waals surface area contributed by atoms with Crippen LogP contribution in [0.4, 0.5) is 0 Å². The number of hydrogen-bond donors (Lipinski definition) is 4. The van der Waals surface area contributed by atoms with Gasteiger partial charge in [-0.1, -0.05) is 6.07 Å². The van der Waals surface area contributed by atoms with Gasteiger partial charge in [-0.2, -0.15) is 0 Å². The molecule has 0 bridgehead atoms. The normalized spacial score (nSPS) is 10.2. The maximum Gasteiger partial charge on any atom is 0.200 e. The predicted molar refractivity (Wildman–Crippen MR) is 49.1 cm³/mol. The summed E-state index contributed by atoms with van der Waals surface area (Å²) < 4.78 is 0. The monoisotopic (exact) mass is 183 g/mol. The van der Waals surface area contributed by atoms with Crippen LogP contribution in [0.3, 0.4) is 0 Å². The highest BCUT2D eigenvalue weighted by atomic mass is 16.3. The molecule has 0 atom stereocenters. The van der Waals surface area contributed by atoms with Crippen LogP contribution in [-0.2, 0) is 6.42 Å². The van der Waals surface area contributed by atoms with E-state index < -0.39 is 5.75 Å². The third-order valence-electron chi connectivity index (χ3n) is 1.86. The molecule has 1 rings (SSSR count). The molecule has 0 saturated carbocycles. The van der Waals surface area contributed by atoms with Gasteiger partial charge in [0.25, 0.3) is 0 Å². The van der Waals surface area contributed by atoms with Crippen molar-refractivity contribution in [2.75, 3.05) is 13.6 Å². The van der Waals surface area contributed by atoms with Crippen molar-refractivity contribution in [3.8, 4) is 17.2 Å². The average Bonchev–Trinajstić information content (AvgIpc) is 2.13. The van der Waals surface area contributed by atoms with E-state index in [2.05, 4.69) is 5.32 Å². The fourth-order valence-corrected chi connectivity index (χ4v) is 1.07. The molecule has 1 aromatic rings. The summed E-state index contributed by atoms with van der Waals surface area (Å²) >= 11 is 0. The Kier molecular flexibility index (Phi) is 2.97. The van der Waals surface area contributed by atoms with Crippen LogP contribution in [0.2, 0.25) is 0 Å². The van der Waals surface area contributed by atoms with Gasteiger partial charge in [0.2, 0.25) is 5.75 Å². The van der Waals surface area contributed by atoms with Crippen molar-refractivity contribution in [2.24, 2.45) is 0 Å². The van der Waals surface area contributed by atoms with Gasteiger partial charge in [0.15, 0.2) is 11.5 Å². The summed E-state index contributed by atoms with van der Waals surface area (Å²) in [5.74, 6) is -0.991. The zero-order valence-electron chi connectivity index (χ0n) is 7.41. The first-order chi connectivity index (χ1) is 6.16. The molecule has 0 heterocycles. The summed E-state index contributed by atoms with van der Waals surface area (Å²) in [7, 11) is 1.80. The lowest BCUT2D eigenvalue weighted by atomic mass is 10.1. The predicted octanol–water partition coefficient (Wildman–Crippen LogP) is 0.565. The molecule has 4 heteroatoms. The Labute approximate surface area is 76.5 Å². The molecular weight excluding hydrogens is 170 g/mol. The molecule has 0 aliphatic rings. The van der Waals surface area contributed by atoms with Gasteiger partial charge in [-0.15, -0.1) is 0 Å². The first kappa shape index (κ1) is 9.67. The molecule has 0 aliphatic heterocycles. The fraction of sp³-hybridized carbons (Fsp3) is 0.333. The third-order valence-corrected chi connectivity index (χ3v) is 1.86. The highest BCUT2D eigenvalue weighted by Gasteiger charge is 2.09. The van der Waals surface area contributed by atoms with Crippen LogP contribution in [0.1, 0.15) is 5.56 Å². The number of phenols is 3. The lowest BCUT2D eigenvalue weighted by molar-refractivity contribution is 0.365. The molecule has 72 valence electrons. The summed E-state index contributed by atoms with van der Waals surface area (Å²) in [5, 5.41) is 30.5. The Morgan fingerprint density at radius 1 is 1.15 bits per heavy atom. The Hall–Kier alpha value is -1.42. The second-order valence-electron chi connectivity index (χ2n) is 2.79. The maximum absolute atomic E-state index is 9.37. The topological polar surface area (TPSA) is 72.7 Å². The molecule has 0 saturated heterocycles. The summed E-state index contributed by atoms with van der Waals surface area (Å²) in [5.41, 5.74) is 0.615. The number of likely N-dealkylation sites (N-methyl/N-ethyl adjacent to an activating group) is 1. The Balaban J connectivity index is 2.90. The summed E-state index contributed by atoms with van der Waals surface area (Å²) in [4.78, 5) is 0. The molecule has 4 nitrogen and oxygen atoms in total. The van der Waals surface area contributed by atoms with Crippen LogP contribution in [0, 0.1) is 0 Å². The lowest BCUT2D eigenvalue weighted by Gasteiger charge is -2.06. The quantitative estimate of drug-likeness (QED) is 0.517. The Morgan fingerprint density at radius 3 is 2.46 bits per heavy atom. The van der Waals surface area contributed by atoms with Crippen molar-refractivity contribution in [2.45, 2.75) is 6.42 Å². The van der Waals surface area contributed by atoms with E-state index in [-0.39, 0.29) is 11.5 Å². The van der Waals surface area contributed by atoms with E-state index in [0.29, 0.717) is 18.5 Å². The second kappa shape index (κ2) is 4.00. The van der Waals surface area contributed by atoms with E-state index in [0.717, 1.165) is 0 Å². The van der Waals surface area contributed by atoms with Crippen LogP contribution in [0.5, 0.6) is 17.2 Å². The van der Waals surface area contributed by atoms with E-state index in [9.17, 15) is 5.11 Å². The van der Waals surface area contributed by atoms with E-state index in [1.54, 1.807) is 13.1 Å². The van der Waals surface area contributed by atoms with E-state index >= 15 is 0 Å². The molecule has 0 amide bonds. The minimum absolute atomic E-state index is 0.241. The Morgan fingerprint density at radius 2 is 1.85 bits per heavy atom. The summed E-state index contributed by atoms with van der Waals surface area (Å²) in [6, 6.07) is 2.95. The van der Waals surface area contributed by atoms with Gasteiger partial charge in [0, 0.05) is 0 Å². The SMILES string of the molecule is CNCCc1ccc(O)c(O)c1O. The van der Waals surface area contributed by atoms with Crippen molar-refractivity contribution in [1.82, 2.24) is 5.32 Å². The molecule has 0 radical (unpaired) electrons. The molecular formula is C9H13NO3. The number of rotatable bonds is 3. The molecule has 13 heavy (non-hydrogen) atoms. The number of aromatic hydroxyl groups is 3. The van der Waals surface area contributed by atoms with Gasteiger partial charge in [0.05, 0.1) is 0 Å². The average molecular weight is 183 g/mol. The first-order valence-electron chi connectivity index (χ1n) is 4.04. The van der Waals surface area contributed by atoms with Crippen molar-refractivity contribution in [3.63, 3.8) is 0 Å². The van der Waals surface area contributed by atoms with Crippen LogP contribution < -0.4 is 5.32 Å². The van der Waals surface area contributed by atoms with Gasteiger partial charge in [-0.3, -0.25) is 0 Å². The minimum atomic E-state index is -0.450. The number of hydrogen-bond acceptors (Lipinski definition) is 4. The smallest absolute Gasteiger partial charge is 0.200 e. The van der Waals surface area contributed by atoms with Crippen LogP contribution >= 0.6 is 0 Å². The van der Waals surface area contributed by atoms with Crippen molar-refractivity contribution in [3.05, 3.63) is 17.7 Å². The Bertz CT molecular complexity index is 299. The standard InChI is InChI=1S/C9H13NO3/c1-10-5-4-6-2-3-7(11)9(13)8(6)12/h2-3,10-13H,4-5H2,1H3. The van der Waals surface area contributed by atoms with Crippen LogP contribution in [0.25, 0.3) is 0 Å². The van der Waals surface area contributed by atoms with Gasteiger partial charge in [-0.25, -0.2) is 0 Å². The van der Waals surface area contributed by atoms with Gasteiger partial charge < -0.3 is 20.6 Å². The van der Waals surface area contributed by atoms with Crippen molar-refractivity contribution < 1.29 is 15.3 Å². The fourth-order valence-electron chi connectivity index (χ4n) is 1.07. The molecule has 0 aromatic heterocycles. The highest BCUT2D eigenvalue weighted by molar-refractivity contribution is 5.53. The zero-order chi connectivity index (χ0) is 9.84. The van der Waals surface area contributed by atoms with E-state index in [1.165, 1.54) is 6.07 Å². The molecule has 0 aliphatic carbocycles. The molecule has 0 fully saturated rings. The van der Waals surface area contributed by atoms with Crippen molar-refractivity contribution >= 4 is 0 Å².